The van der Waals surface area contributed by atoms with E-state index in [0.717, 1.165) is 0 Å². The monoisotopic (exact) mass is 566 g/mol. The van der Waals surface area contributed by atoms with E-state index in [1.807, 2.05) is 25.1 Å². The van der Waals surface area contributed by atoms with Crippen molar-refractivity contribution >= 4 is 33.3 Å². The molecule has 0 spiro atoms. The highest BCUT2D eigenvalue weighted by Gasteiger charge is 2.35. The van der Waals surface area contributed by atoms with Crippen LogP contribution >= 0.6 is 0 Å². The first-order valence-electron chi connectivity index (χ1n) is 13.0. The summed E-state index contributed by atoms with van der Waals surface area (Å²) >= 11 is 0. The van der Waals surface area contributed by atoms with Crippen LogP contribution in [0.1, 0.15) is 24.2 Å². The fraction of sp³-hybridized carbons (Fsp3) is 0.310. The van der Waals surface area contributed by atoms with Crippen molar-refractivity contribution in [1.29, 1.82) is 0 Å². The maximum absolute atomic E-state index is 13.6. The Morgan fingerprint density at radius 1 is 1.07 bits per heavy atom. The number of hydrogen-bond acceptors (Lipinski definition) is 6. The predicted molar refractivity (Wildman–Crippen MR) is 153 cm³/mol. The summed E-state index contributed by atoms with van der Waals surface area (Å²) in [6, 6.07) is 20.8. The number of hydrogen-bond donors (Lipinski definition) is 3. The number of ether oxygens (including phenoxy) is 1. The first-order chi connectivity index (χ1) is 19.1. The molecule has 1 aliphatic rings. The van der Waals surface area contributed by atoms with Crippen molar-refractivity contribution in [1.82, 2.24) is 9.80 Å². The van der Waals surface area contributed by atoms with Crippen molar-refractivity contribution in [2.75, 3.05) is 36.8 Å². The highest BCUT2D eigenvalue weighted by Crippen LogP contribution is 2.36. The van der Waals surface area contributed by atoms with Crippen molar-refractivity contribution in [3.63, 3.8) is 0 Å². The fourth-order valence-electron chi connectivity index (χ4n) is 4.44. The van der Waals surface area contributed by atoms with Crippen LogP contribution in [-0.2, 0) is 10.0 Å². The number of amides is 3. The van der Waals surface area contributed by atoms with Crippen LogP contribution in [0.3, 0.4) is 0 Å². The van der Waals surface area contributed by atoms with E-state index >= 15 is 0 Å². The molecular weight excluding hydrogens is 532 g/mol. The number of sulfonamides is 1. The lowest BCUT2D eigenvalue weighted by atomic mass is 9.99. The number of carbonyl (C=O) groups excluding carboxylic acids is 2. The molecule has 4 rings (SSSR count). The molecule has 0 aliphatic carbocycles. The first-order valence-corrected chi connectivity index (χ1v) is 14.5. The molecule has 0 bridgehead atoms. The Bertz CT molecular complexity index is 1440. The number of para-hydroxylation sites is 2. The molecule has 10 nitrogen and oxygen atoms in total. The van der Waals surface area contributed by atoms with E-state index in [9.17, 15) is 23.1 Å². The lowest BCUT2D eigenvalue weighted by Gasteiger charge is -2.38. The minimum absolute atomic E-state index is 0.0579. The topological polar surface area (TPSA) is 128 Å². The number of urea groups is 1. The van der Waals surface area contributed by atoms with Crippen molar-refractivity contribution < 1.29 is 27.9 Å². The Labute approximate surface area is 234 Å². The maximum atomic E-state index is 13.6. The summed E-state index contributed by atoms with van der Waals surface area (Å²) in [5.41, 5.74) is 0.895. The zero-order valence-electron chi connectivity index (χ0n) is 22.7. The highest BCUT2D eigenvalue weighted by atomic mass is 32.2. The lowest BCUT2D eigenvalue weighted by molar-refractivity contribution is 0.0373. The van der Waals surface area contributed by atoms with Crippen LogP contribution in [0.15, 0.2) is 83.8 Å². The molecule has 0 saturated heterocycles. The van der Waals surface area contributed by atoms with Crippen LogP contribution < -0.4 is 14.8 Å². The molecule has 3 N–H and O–H groups in total. The third-order valence-corrected chi connectivity index (χ3v) is 8.20. The molecule has 3 atom stereocenters. The number of nitrogens with one attached hydrogen (secondary N) is 2. The van der Waals surface area contributed by atoms with Gasteiger partial charge in [-0.15, -0.1) is 0 Å². The second-order valence-corrected chi connectivity index (χ2v) is 11.6. The summed E-state index contributed by atoms with van der Waals surface area (Å²) in [5, 5.41) is 12.7. The molecule has 11 heteroatoms. The van der Waals surface area contributed by atoms with E-state index < -0.39 is 28.1 Å². The third-order valence-electron chi connectivity index (χ3n) is 6.81. The van der Waals surface area contributed by atoms with Crippen LogP contribution in [-0.4, -0.2) is 74.2 Å². The van der Waals surface area contributed by atoms with Gasteiger partial charge in [-0.2, -0.15) is 0 Å². The van der Waals surface area contributed by atoms with Gasteiger partial charge in [-0.25, -0.2) is 13.2 Å². The second kappa shape index (κ2) is 12.4. The van der Waals surface area contributed by atoms with Gasteiger partial charge >= 0.3 is 6.03 Å². The number of rotatable bonds is 8. The van der Waals surface area contributed by atoms with Crippen LogP contribution in [0.2, 0.25) is 0 Å². The van der Waals surface area contributed by atoms with Gasteiger partial charge in [0.2, 0.25) is 0 Å². The standard InChI is InChI=1S/C29H34N4O6S/c1-20-17-33(21(2)19-34)28(35)24-15-10-16-25(31-40(37,38)23-13-8-5-9-14-23)27(24)39-26(20)18-32(3)29(36)30-22-11-6-4-7-12-22/h4-16,20-21,26,31,34H,17-19H2,1-3H3,(H,30,36)/t20-,21+,26-/m0/s1. The average Bonchev–Trinajstić information content (AvgIpc) is 2.95. The average molecular weight is 567 g/mol. The minimum atomic E-state index is -3.99. The number of aliphatic hydroxyl groups is 1. The van der Waals surface area contributed by atoms with Crippen LogP contribution in [0.4, 0.5) is 16.2 Å². The molecule has 0 saturated carbocycles. The van der Waals surface area contributed by atoms with E-state index in [0.29, 0.717) is 5.69 Å². The van der Waals surface area contributed by atoms with Gasteiger partial charge in [-0.1, -0.05) is 49.4 Å². The van der Waals surface area contributed by atoms with E-state index in [1.54, 1.807) is 61.3 Å². The first kappa shape index (κ1) is 28.9. The Hall–Kier alpha value is -4.09. The van der Waals surface area contributed by atoms with Crippen LogP contribution in [0.5, 0.6) is 5.75 Å². The van der Waals surface area contributed by atoms with Gasteiger partial charge in [0, 0.05) is 25.2 Å². The van der Waals surface area contributed by atoms with Crippen molar-refractivity contribution in [2.24, 2.45) is 5.92 Å². The van der Waals surface area contributed by atoms with Gasteiger partial charge in [0.25, 0.3) is 15.9 Å². The summed E-state index contributed by atoms with van der Waals surface area (Å²) in [7, 11) is -2.36. The van der Waals surface area contributed by atoms with E-state index in [4.69, 9.17) is 4.74 Å². The SMILES string of the molecule is C[C@H](CO)N1C[C@H](C)[C@H](CN(C)C(=O)Nc2ccccc2)Oc2c(NS(=O)(=O)c3ccccc3)cccc2C1=O. The van der Waals surface area contributed by atoms with E-state index in [1.165, 1.54) is 23.1 Å². The van der Waals surface area contributed by atoms with Crippen molar-refractivity contribution in [2.45, 2.75) is 30.9 Å². The normalized spacial score (nSPS) is 18.0. The van der Waals surface area contributed by atoms with Gasteiger partial charge in [0.1, 0.15) is 6.10 Å². The van der Waals surface area contributed by atoms with Crippen LogP contribution in [0.25, 0.3) is 0 Å². The predicted octanol–water partition coefficient (Wildman–Crippen LogP) is 3.87. The van der Waals surface area contributed by atoms with Gasteiger partial charge in [-0.3, -0.25) is 9.52 Å². The second-order valence-electron chi connectivity index (χ2n) is 9.90. The Balaban J connectivity index is 1.69. The number of benzene rings is 3. The largest absolute Gasteiger partial charge is 0.485 e. The van der Waals surface area contributed by atoms with Gasteiger partial charge in [-0.05, 0) is 43.3 Å². The maximum Gasteiger partial charge on any atom is 0.321 e. The van der Waals surface area contributed by atoms with Gasteiger partial charge in [0.05, 0.1) is 35.3 Å². The summed E-state index contributed by atoms with van der Waals surface area (Å²) in [6.45, 7) is 3.79. The Morgan fingerprint density at radius 2 is 1.73 bits per heavy atom. The quantitative estimate of drug-likeness (QED) is 0.380. The zero-order chi connectivity index (χ0) is 28.9. The molecular formula is C29H34N4O6S. The van der Waals surface area contributed by atoms with E-state index in [-0.39, 0.29) is 53.5 Å². The van der Waals surface area contributed by atoms with E-state index in [2.05, 4.69) is 10.0 Å². The number of aliphatic hydroxyl groups excluding tert-OH is 1. The van der Waals surface area contributed by atoms with Crippen molar-refractivity contribution in [3.8, 4) is 5.75 Å². The molecule has 0 radical (unpaired) electrons. The highest BCUT2D eigenvalue weighted by molar-refractivity contribution is 7.92. The zero-order valence-corrected chi connectivity index (χ0v) is 23.5. The summed E-state index contributed by atoms with van der Waals surface area (Å²) < 4.78 is 35.3. The number of nitrogens with zero attached hydrogens (tertiary/aromatic N) is 2. The Kier molecular flexibility index (Phi) is 8.96. The molecule has 3 aromatic rings. The summed E-state index contributed by atoms with van der Waals surface area (Å²) in [6.07, 6.45) is -0.617. The summed E-state index contributed by atoms with van der Waals surface area (Å²) in [5.74, 6) is -0.606. The molecule has 1 aliphatic heterocycles. The third kappa shape index (κ3) is 6.54. The number of carbonyl (C=O) groups is 2. The summed E-state index contributed by atoms with van der Waals surface area (Å²) in [4.78, 5) is 29.7. The number of anilines is 2. The molecule has 0 fully saturated rings. The molecule has 1 heterocycles. The molecule has 212 valence electrons. The molecule has 3 aromatic carbocycles. The molecule has 0 unspecified atom stereocenters. The van der Waals surface area contributed by atoms with Crippen molar-refractivity contribution in [3.05, 3.63) is 84.4 Å². The minimum Gasteiger partial charge on any atom is -0.485 e. The molecule has 3 amide bonds. The molecule has 40 heavy (non-hydrogen) atoms. The van der Waals surface area contributed by atoms with Gasteiger partial charge < -0.3 is 25.0 Å². The Morgan fingerprint density at radius 3 is 2.38 bits per heavy atom. The molecule has 0 aromatic heterocycles. The number of fused-ring (bicyclic) bond motifs is 1. The lowest BCUT2D eigenvalue weighted by Crippen LogP contribution is -2.50. The number of likely N-dealkylation sites (N-methyl/N-ethyl adjacent to an activating group) is 1. The smallest absolute Gasteiger partial charge is 0.321 e. The van der Waals surface area contributed by atoms with Gasteiger partial charge in [0.15, 0.2) is 5.75 Å². The van der Waals surface area contributed by atoms with Crippen LogP contribution in [0, 0.1) is 5.92 Å². The fourth-order valence-corrected chi connectivity index (χ4v) is 5.52.